The molecule has 0 amide bonds. The highest BCUT2D eigenvalue weighted by Crippen LogP contribution is 2.14. The van der Waals surface area contributed by atoms with E-state index in [0.717, 1.165) is 5.69 Å². The Labute approximate surface area is 78.6 Å². The van der Waals surface area contributed by atoms with Crippen LogP contribution in [-0.2, 0) is 7.05 Å². The quantitative estimate of drug-likeness (QED) is 0.734. The minimum absolute atomic E-state index is 0.00306. The predicted molar refractivity (Wildman–Crippen MR) is 52.6 cm³/mol. The summed E-state index contributed by atoms with van der Waals surface area (Å²) in [6, 6.07) is -0.00306. The molecule has 0 saturated carbocycles. The van der Waals surface area contributed by atoms with Crippen LogP contribution in [0.2, 0.25) is 0 Å². The number of hydrogen-bond acceptors (Lipinski definition) is 3. The predicted octanol–water partition coefficient (Wildman–Crippen LogP) is 0.991. The molecule has 74 valence electrons. The van der Waals surface area contributed by atoms with E-state index >= 15 is 0 Å². The first-order valence-corrected chi connectivity index (χ1v) is 4.37. The normalized spacial score (nSPS) is 14.2. The lowest BCUT2D eigenvalue weighted by Gasteiger charge is -2.26. The summed E-state index contributed by atoms with van der Waals surface area (Å²) >= 11 is 0. The Morgan fingerprint density at radius 3 is 2.62 bits per heavy atom. The lowest BCUT2D eigenvalue weighted by atomic mass is 10.0. The van der Waals surface area contributed by atoms with Gasteiger partial charge in [-0.1, -0.05) is 0 Å². The Hall–Kier alpha value is -1.03. The number of nitrogens with zero attached hydrogens (tertiary/aromatic N) is 2. The van der Waals surface area contributed by atoms with Crippen LogP contribution in [-0.4, -0.2) is 26.5 Å². The van der Waals surface area contributed by atoms with Crippen molar-refractivity contribution >= 4 is 5.69 Å². The second kappa shape index (κ2) is 3.38. The summed E-state index contributed by atoms with van der Waals surface area (Å²) in [6.07, 6.45) is 3.62. The molecule has 13 heavy (non-hydrogen) atoms. The summed E-state index contributed by atoms with van der Waals surface area (Å²) in [4.78, 5) is 0. The van der Waals surface area contributed by atoms with Gasteiger partial charge in [0.2, 0.25) is 0 Å². The van der Waals surface area contributed by atoms with Crippen LogP contribution >= 0.6 is 0 Å². The summed E-state index contributed by atoms with van der Waals surface area (Å²) in [6.45, 7) is 5.50. The summed E-state index contributed by atoms with van der Waals surface area (Å²) in [5, 5.41) is 16.9. The second-order valence-electron chi connectivity index (χ2n) is 3.92. The van der Waals surface area contributed by atoms with Crippen LogP contribution in [0.25, 0.3) is 0 Å². The van der Waals surface area contributed by atoms with Gasteiger partial charge in [-0.15, -0.1) is 0 Å². The first-order chi connectivity index (χ1) is 5.89. The minimum Gasteiger partial charge on any atom is -0.388 e. The largest absolute Gasteiger partial charge is 0.388 e. The molecule has 1 atom stereocenters. The third kappa shape index (κ3) is 2.73. The van der Waals surface area contributed by atoms with Crippen LogP contribution in [0.4, 0.5) is 5.69 Å². The van der Waals surface area contributed by atoms with Crippen LogP contribution in [0.3, 0.4) is 0 Å². The highest BCUT2D eigenvalue weighted by atomic mass is 16.3. The Kier molecular flexibility index (Phi) is 2.61. The maximum absolute atomic E-state index is 9.66. The fourth-order valence-corrected chi connectivity index (χ4v) is 0.922. The van der Waals surface area contributed by atoms with Gasteiger partial charge in [0, 0.05) is 13.2 Å². The summed E-state index contributed by atoms with van der Waals surface area (Å²) in [7, 11) is 1.86. The molecule has 0 aliphatic rings. The number of hydrogen-bond donors (Lipinski definition) is 2. The van der Waals surface area contributed by atoms with E-state index in [-0.39, 0.29) is 6.04 Å². The molecule has 1 aromatic rings. The summed E-state index contributed by atoms with van der Waals surface area (Å²) in [5.41, 5.74) is 0.202. The van der Waals surface area contributed by atoms with Gasteiger partial charge in [-0.25, -0.2) is 0 Å². The van der Waals surface area contributed by atoms with E-state index in [1.165, 1.54) is 0 Å². The van der Waals surface area contributed by atoms with Crippen LogP contribution in [0.15, 0.2) is 12.4 Å². The zero-order chi connectivity index (χ0) is 10.1. The van der Waals surface area contributed by atoms with Crippen molar-refractivity contribution in [2.45, 2.75) is 32.4 Å². The standard InChI is InChI=1S/C9H17N3O/c1-7(9(2,3)13)11-8-5-10-12(4)6-8/h5-7,11,13H,1-4H3. The molecular formula is C9H17N3O. The highest BCUT2D eigenvalue weighted by Gasteiger charge is 2.21. The van der Waals surface area contributed by atoms with Crippen molar-refractivity contribution in [3.8, 4) is 0 Å². The minimum atomic E-state index is -0.726. The molecule has 0 bridgehead atoms. The lowest BCUT2D eigenvalue weighted by molar-refractivity contribution is 0.0649. The van der Waals surface area contributed by atoms with Gasteiger partial charge in [0.1, 0.15) is 0 Å². The van der Waals surface area contributed by atoms with E-state index in [1.54, 1.807) is 24.7 Å². The highest BCUT2D eigenvalue weighted by molar-refractivity contribution is 5.39. The van der Waals surface area contributed by atoms with Crippen molar-refractivity contribution in [3.05, 3.63) is 12.4 Å². The Morgan fingerprint density at radius 1 is 1.62 bits per heavy atom. The molecule has 1 heterocycles. The maximum atomic E-state index is 9.66. The van der Waals surface area contributed by atoms with Gasteiger partial charge in [-0.3, -0.25) is 4.68 Å². The maximum Gasteiger partial charge on any atom is 0.0789 e. The van der Waals surface area contributed by atoms with Gasteiger partial charge in [0.25, 0.3) is 0 Å². The molecule has 0 spiro atoms. The van der Waals surface area contributed by atoms with E-state index < -0.39 is 5.60 Å². The van der Waals surface area contributed by atoms with Crippen molar-refractivity contribution in [3.63, 3.8) is 0 Å². The van der Waals surface area contributed by atoms with Gasteiger partial charge < -0.3 is 10.4 Å². The van der Waals surface area contributed by atoms with Crippen molar-refractivity contribution in [2.24, 2.45) is 7.05 Å². The zero-order valence-corrected chi connectivity index (χ0v) is 8.57. The van der Waals surface area contributed by atoms with Gasteiger partial charge >= 0.3 is 0 Å². The van der Waals surface area contributed by atoms with Crippen molar-refractivity contribution in [2.75, 3.05) is 5.32 Å². The Morgan fingerprint density at radius 2 is 2.23 bits per heavy atom. The van der Waals surface area contributed by atoms with Gasteiger partial charge in [0.15, 0.2) is 0 Å². The van der Waals surface area contributed by atoms with Crippen LogP contribution in [0.1, 0.15) is 20.8 Å². The van der Waals surface area contributed by atoms with Crippen LogP contribution < -0.4 is 5.32 Å². The third-order valence-corrected chi connectivity index (χ3v) is 2.15. The number of anilines is 1. The molecule has 0 fully saturated rings. The lowest BCUT2D eigenvalue weighted by Crippen LogP contribution is -2.39. The number of aliphatic hydroxyl groups is 1. The average molecular weight is 183 g/mol. The van der Waals surface area contributed by atoms with Gasteiger partial charge in [-0.05, 0) is 20.8 Å². The fraction of sp³-hybridized carbons (Fsp3) is 0.667. The van der Waals surface area contributed by atoms with Crippen LogP contribution in [0.5, 0.6) is 0 Å². The molecule has 0 saturated heterocycles. The fourth-order valence-electron chi connectivity index (χ4n) is 0.922. The molecule has 0 aromatic carbocycles. The molecule has 0 aliphatic carbocycles. The molecule has 0 aliphatic heterocycles. The molecular weight excluding hydrogens is 166 g/mol. The smallest absolute Gasteiger partial charge is 0.0789 e. The van der Waals surface area contributed by atoms with Gasteiger partial charge in [0.05, 0.1) is 23.5 Å². The van der Waals surface area contributed by atoms with Crippen LogP contribution in [0, 0.1) is 0 Å². The summed E-state index contributed by atoms with van der Waals surface area (Å²) < 4.78 is 1.72. The third-order valence-electron chi connectivity index (χ3n) is 2.15. The number of rotatable bonds is 3. The first kappa shape index (κ1) is 10.1. The van der Waals surface area contributed by atoms with E-state index in [1.807, 2.05) is 20.2 Å². The first-order valence-electron chi connectivity index (χ1n) is 4.37. The van der Waals surface area contributed by atoms with Gasteiger partial charge in [-0.2, -0.15) is 5.10 Å². The SMILES string of the molecule is CC(Nc1cnn(C)c1)C(C)(C)O. The topological polar surface area (TPSA) is 50.1 Å². The van der Waals surface area contributed by atoms with E-state index in [9.17, 15) is 5.11 Å². The van der Waals surface area contributed by atoms with E-state index in [4.69, 9.17) is 0 Å². The molecule has 1 unspecified atom stereocenters. The van der Waals surface area contributed by atoms with E-state index in [0.29, 0.717) is 0 Å². The molecule has 1 aromatic heterocycles. The van der Waals surface area contributed by atoms with Crippen molar-refractivity contribution in [1.29, 1.82) is 0 Å². The summed E-state index contributed by atoms with van der Waals surface area (Å²) in [5.74, 6) is 0. The number of nitrogens with one attached hydrogen (secondary N) is 1. The number of aryl methyl sites for hydroxylation is 1. The zero-order valence-electron chi connectivity index (χ0n) is 8.57. The molecule has 2 N–H and O–H groups in total. The second-order valence-corrected chi connectivity index (χ2v) is 3.92. The Balaban J connectivity index is 2.60. The van der Waals surface area contributed by atoms with Crippen molar-refractivity contribution in [1.82, 2.24) is 9.78 Å². The Bertz CT molecular complexity index is 275. The van der Waals surface area contributed by atoms with E-state index in [2.05, 4.69) is 10.4 Å². The molecule has 4 nitrogen and oxygen atoms in total. The molecule has 1 rings (SSSR count). The molecule has 4 heteroatoms. The number of aromatic nitrogens is 2. The average Bonchev–Trinajstić information content (AvgIpc) is 2.33. The van der Waals surface area contributed by atoms with Crippen molar-refractivity contribution < 1.29 is 5.11 Å². The molecule has 0 radical (unpaired) electrons. The monoisotopic (exact) mass is 183 g/mol.